The largest absolute Gasteiger partial charge is 0.404 e. The third-order valence-corrected chi connectivity index (χ3v) is 5.84. The molecule has 32 heavy (non-hydrogen) atoms. The van der Waals surface area contributed by atoms with Gasteiger partial charge in [-0.3, -0.25) is 19.5 Å². The molecule has 0 bridgehead atoms. The van der Waals surface area contributed by atoms with Crippen LogP contribution < -0.4 is 15.5 Å². The van der Waals surface area contributed by atoms with Crippen LogP contribution in [0.5, 0.6) is 0 Å². The molecule has 0 saturated heterocycles. The van der Waals surface area contributed by atoms with Crippen molar-refractivity contribution < 1.29 is 9.59 Å². The number of fused-ring (bicyclic) bond motifs is 1. The number of benzene rings is 1. The van der Waals surface area contributed by atoms with Crippen LogP contribution >= 0.6 is 0 Å². The second kappa shape index (κ2) is 9.64. The Morgan fingerprint density at radius 2 is 2.00 bits per heavy atom. The molecule has 0 aliphatic carbocycles. The molecule has 166 valence electrons. The van der Waals surface area contributed by atoms with Crippen LogP contribution in [0.25, 0.3) is 0 Å². The lowest BCUT2D eigenvalue weighted by atomic mass is 9.95. The predicted molar refractivity (Wildman–Crippen MR) is 132 cm³/mol. The Morgan fingerprint density at radius 3 is 2.66 bits per heavy atom. The van der Waals surface area contributed by atoms with Crippen molar-refractivity contribution in [3.63, 3.8) is 0 Å². The van der Waals surface area contributed by atoms with Gasteiger partial charge in [0.25, 0.3) is 0 Å². The normalized spacial score (nSPS) is 17.3. The molecule has 1 aromatic carbocycles. The molecular formula is C26H30N4O2. The molecule has 2 aliphatic rings. The van der Waals surface area contributed by atoms with E-state index in [1.54, 1.807) is 23.1 Å². The Kier molecular flexibility index (Phi) is 6.93. The molecule has 0 spiro atoms. The van der Waals surface area contributed by atoms with Crippen LogP contribution in [0.2, 0.25) is 0 Å². The number of hydrogen-bond acceptors (Lipinski definition) is 4. The minimum atomic E-state index is -0.135. The summed E-state index contributed by atoms with van der Waals surface area (Å²) < 4.78 is 0. The first kappa shape index (κ1) is 23.0. The van der Waals surface area contributed by atoms with E-state index < -0.39 is 0 Å². The maximum absolute atomic E-state index is 13.1. The summed E-state index contributed by atoms with van der Waals surface area (Å²) in [6.45, 7) is 12.3. The molecule has 6 nitrogen and oxygen atoms in total. The predicted octanol–water partition coefficient (Wildman–Crippen LogP) is 4.21. The molecule has 0 unspecified atom stereocenters. The zero-order valence-electron chi connectivity index (χ0n) is 19.0. The molecular weight excluding hydrogens is 400 g/mol. The summed E-state index contributed by atoms with van der Waals surface area (Å²) in [5.41, 5.74) is 12.7. The van der Waals surface area contributed by atoms with Crippen molar-refractivity contribution in [2.75, 3.05) is 23.4 Å². The zero-order chi connectivity index (χ0) is 23.4. The number of amides is 2. The van der Waals surface area contributed by atoms with Gasteiger partial charge in [0, 0.05) is 43.7 Å². The van der Waals surface area contributed by atoms with E-state index in [0.717, 1.165) is 45.8 Å². The Bertz CT molecular complexity index is 1100. The molecule has 2 aliphatic heterocycles. The number of rotatable bonds is 6. The van der Waals surface area contributed by atoms with Gasteiger partial charge in [-0.1, -0.05) is 19.2 Å². The second-order valence-electron chi connectivity index (χ2n) is 7.98. The van der Waals surface area contributed by atoms with Crippen molar-refractivity contribution in [2.24, 2.45) is 10.7 Å². The van der Waals surface area contributed by atoms with Crippen LogP contribution in [0.1, 0.15) is 32.3 Å². The van der Waals surface area contributed by atoms with Crippen LogP contribution in [0.3, 0.4) is 0 Å². The van der Waals surface area contributed by atoms with Crippen molar-refractivity contribution in [1.29, 1.82) is 0 Å². The molecule has 0 atom stereocenters. The molecule has 2 amide bonds. The lowest BCUT2D eigenvalue weighted by molar-refractivity contribution is -0.118. The van der Waals surface area contributed by atoms with E-state index in [0.29, 0.717) is 25.0 Å². The average Bonchev–Trinajstić information content (AvgIpc) is 3.21. The fourth-order valence-electron chi connectivity index (χ4n) is 4.26. The van der Waals surface area contributed by atoms with Crippen molar-refractivity contribution in [1.82, 2.24) is 0 Å². The topological polar surface area (TPSA) is 79.0 Å². The van der Waals surface area contributed by atoms with Crippen LogP contribution in [-0.2, 0) is 16.0 Å². The molecule has 0 aromatic heterocycles. The quantitative estimate of drug-likeness (QED) is 0.417. The van der Waals surface area contributed by atoms with Gasteiger partial charge >= 0.3 is 0 Å². The van der Waals surface area contributed by atoms with E-state index in [1.807, 2.05) is 38.1 Å². The summed E-state index contributed by atoms with van der Waals surface area (Å²) in [6, 6.07) is 5.88. The highest BCUT2D eigenvalue weighted by molar-refractivity contribution is 6.04. The summed E-state index contributed by atoms with van der Waals surface area (Å²) in [5.74, 6) is -0.114. The fraction of sp³-hybridized carbons (Fsp3) is 0.269. The zero-order valence-corrected chi connectivity index (χ0v) is 19.0. The third kappa shape index (κ3) is 4.35. The van der Waals surface area contributed by atoms with Gasteiger partial charge in [0.15, 0.2) is 0 Å². The smallest absolute Gasteiger partial charge is 0.250 e. The maximum atomic E-state index is 13.1. The third-order valence-electron chi connectivity index (χ3n) is 5.84. The number of hydrogen-bond donors (Lipinski definition) is 1. The lowest BCUT2D eigenvalue weighted by Crippen LogP contribution is -2.35. The molecule has 2 heterocycles. The Balaban J connectivity index is 2.06. The molecule has 3 rings (SSSR count). The van der Waals surface area contributed by atoms with Crippen LogP contribution in [0.15, 0.2) is 82.7 Å². The SMILES string of the molecule is C=CC(=O)N1CCc2ccc(N3C(=O)CCC(C)=C3/C(C)=C/C(=C)/C(C=NC)=C/N)cc21. The summed E-state index contributed by atoms with van der Waals surface area (Å²) in [7, 11) is 1.68. The van der Waals surface area contributed by atoms with E-state index in [1.165, 1.54) is 12.3 Å². The van der Waals surface area contributed by atoms with Crippen molar-refractivity contribution in [3.05, 3.63) is 83.3 Å². The van der Waals surface area contributed by atoms with E-state index >= 15 is 0 Å². The fourth-order valence-corrected chi connectivity index (χ4v) is 4.26. The van der Waals surface area contributed by atoms with Crippen LogP contribution in [-0.4, -0.2) is 31.6 Å². The summed E-state index contributed by atoms with van der Waals surface area (Å²) in [5, 5.41) is 0. The van der Waals surface area contributed by atoms with Gasteiger partial charge in [0.2, 0.25) is 11.8 Å². The van der Waals surface area contributed by atoms with E-state index in [9.17, 15) is 9.59 Å². The van der Waals surface area contributed by atoms with E-state index in [-0.39, 0.29) is 11.8 Å². The Morgan fingerprint density at radius 1 is 1.25 bits per heavy atom. The lowest BCUT2D eigenvalue weighted by Gasteiger charge is -2.33. The standard InChI is InChI=1S/C26H30N4O2/c1-6-24(31)29-12-11-20-8-9-22(14-23(20)29)30-25(32)10-7-17(2)26(30)19(4)13-18(3)21(15-27)16-28-5/h6,8-9,13-16H,1,3,7,10-12,27H2,2,4-5H3/b19-13+,21-15+,28-16?. The summed E-state index contributed by atoms with van der Waals surface area (Å²) in [4.78, 5) is 32.9. The first-order valence-electron chi connectivity index (χ1n) is 10.6. The molecule has 2 N–H and O–H groups in total. The van der Waals surface area contributed by atoms with Gasteiger partial charge in [-0.25, -0.2) is 0 Å². The summed E-state index contributed by atoms with van der Waals surface area (Å²) >= 11 is 0. The van der Waals surface area contributed by atoms with Gasteiger partial charge in [-0.15, -0.1) is 0 Å². The van der Waals surface area contributed by atoms with E-state index in [4.69, 9.17) is 5.73 Å². The first-order chi connectivity index (χ1) is 15.3. The number of nitrogens with two attached hydrogens (primary N) is 1. The highest BCUT2D eigenvalue weighted by atomic mass is 16.2. The highest BCUT2D eigenvalue weighted by Gasteiger charge is 2.30. The number of aliphatic imine (C=N–C) groups is 1. The number of carbonyl (C=O) groups excluding carboxylic acids is 2. The Labute approximate surface area is 189 Å². The van der Waals surface area contributed by atoms with Crippen LogP contribution in [0.4, 0.5) is 11.4 Å². The number of nitrogens with zero attached hydrogens (tertiary/aromatic N) is 3. The first-order valence-corrected chi connectivity index (χ1v) is 10.6. The van der Waals surface area contributed by atoms with Crippen molar-refractivity contribution in [3.8, 4) is 0 Å². The van der Waals surface area contributed by atoms with Crippen molar-refractivity contribution in [2.45, 2.75) is 33.1 Å². The molecule has 0 radical (unpaired) electrons. The minimum absolute atomic E-state index is 0.0215. The van der Waals surface area contributed by atoms with Gasteiger partial charge < -0.3 is 10.6 Å². The summed E-state index contributed by atoms with van der Waals surface area (Å²) in [6.07, 6.45) is 8.29. The highest BCUT2D eigenvalue weighted by Crippen LogP contribution is 2.38. The van der Waals surface area contributed by atoms with Gasteiger partial charge in [-0.2, -0.15) is 0 Å². The van der Waals surface area contributed by atoms with Crippen molar-refractivity contribution >= 4 is 29.4 Å². The minimum Gasteiger partial charge on any atom is -0.404 e. The second-order valence-corrected chi connectivity index (χ2v) is 7.98. The van der Waals surface area contributed by atoms with Gasteiger partial charge in [0.05, 0.1) is 11.4 Å². The monoisotopic (exact) mass is 430 g/mol. The average molecular weight is 431 g/mol. The van der Waals surface area contributed by atoms with Gasteiger partial charge in [-0.05, 0) is 73.3 Å². The number of carbonyl (C=O) groups is 2. The molecule has 0 saturated carbocycles. The van der Waals surface area contributed by atoms with Crippen LogP contribution in [0, 0.1) is 0 Å². The molecule has 1 aromatic rings. The number of allylic oxidation sites excluding steroid dienone is 5. The van der Waals surface area contributed by atoms with E-state index in [2.05, 4.69) is 18.2 Å². The molecule has 6 heteroatoms. The Hall–Kier alpha value is -3.67. The number of anilines is 2. The van der Waals surface area contributed by atoms with Gasteiger partial charge in [0.1, 0.15) is 0 Å². The molecule has 0 fully saturated rings. The maximum Gasteiger partial charge on any atom is 0.250 e.